The number of nitrogen functional groups attached to an aromatic ring is 2. The number of nitrogens with zero attached hydrogens (tertiary/aromatic N) is 7. The van der Waals surface area contributed by atoms with E-state index in [-0.39, 0.29) is 34.1 Å². The van der Waals surface area contributed by atoms with Gasteiger partial charge in [0.15, 0.2) is 35.1 Å². The summed E-state index contributed by atoms with van der Waals surface area (Å²) in [5.74, 6) is -0.209. The zero-order valence-electron chi connectivity index (χ0n) is 22.5. The number of aromatic nitrogens is 8. The largest absolute Gasteiger partial charge is 0.472 e. The van der Waals surface area contributed by atoms with Gasteiger partial charge in [0.2, 0.25) is 5.95 Å². The van der Waals surface area contributed by atoms with E-state index in [2.05, 4.69) is 29.9 Å². The van der Waals surface area contributed by atoms with Crippen LogP contribution in [0.25, 0.3) is 22.3 Å². The van der Waals surface area contributed by atoms with E-state index < -0.39 is 83.4 Å². The van der Waals surface area contributed by atoms with Crippen molar-refractivity contribution in [3.05, 3.63) is 29.3 Å². The second-order valence-corrected chi connectivity index (χ2v) is 13.2. The van der Waals surface area contributed by atoms with Crippen LogP contribution in [-0.2, 0) is 36.7 Å². The summed E-state index contributed by atoms with van der Waals surface area (Å²) >= 11 is 0. The van der Waals surface area contributed by atoms with Crippen LogP contribution >= 0.6 is 15.6 Å². The number of phosphoric ester groups is 1. The third kappa shape index (κ3) is 5.31. The highest BCUT2D eigenvalue weighted by molar-refractivity contribution is 7.51. The number of nitrogens with two attached hydrogens (primary N) is 3. The van der Waals surface area contributed by atoms with Gasteiger partial charge in [0.05, 0.1) is 25.9 Å². The van der Waals surface area contributed by atoms with Gasteiger partial charge in [-0.2, -0.15) is 4.98 Å². The Morgan fingerprint density at radius 1 is 0.867 bits per heavy atom. The van der Waals surface area contributed by atoms with Gasteiger partial charge in [0.25, 0.3) is 5.56 Å². The highest BCUT2D eigenvalue weighted by atomic mass is 31.2. The summed E-state index contributed by atoms with van der Waals surface area (Å²) in [5, 5.41) is 22.2. The summed E-state index contributed by atoms with van der Waals surface area (Å²) in [7, 11) is -9.65. The van der Waals surface area contributed by atoms with Gasteiger partial charge in [-0.15, -0.1) is 0 Å². The molecule has 3 saturated heterocycles. The molecule has 25 heteroatoms. The number of imidazole rings is 2. The van der Waals surface area contributed by atoms with E-state index in [4.69, 9.17) is 44.5 Å². The fraction of sp³-hybridized carbons (Fsp3) is 0.500. The number of aromatic amines is 1. The first-order valence-corrected chi connectivity index (χ1v) is 16.1. The van der Waals surface area contributed by atoms with E-state index in [1.54, 1.807) is 0 Å². The molecule has 4 aromatic heterocycles. The molecule has 45 heavy (non-hydrogen) atoms. The van der Waals surface area contributed by atoms with Crippen molar-refractivity contribution in [1.82, 2.24) is 39.0 Å². The third-order valence-electron chi connectivity index (χ3n) is 7.35. The molecule has 3 aliphatic rings. The lowest BCUT2D eigenvalue weighted by Crippen LogP contribution is -2.36. The number of anilines is 2. The van der Waals surface area contributed by atoms with Gasteiger partial charge in [0, 0.05) is 0 Å². The van der Waals surface area contributed by atoms with E-state index >= 15 is 0 Å². The van der Waals surface area contributed by atoms with Crippen LogP contribution in [0.15, 0.2) is 23.8 Å². The molecule has 7 rings (SSSR count). The fourth-order valence-electron chi connectivity index (χ4n) is 5.32. The van der Waals surface area contributed by atoms with Crippen LogP contribution in [0.1, 0.15) is 12.5 Å². The molecule has 0 radical (unpaired) electrons. The Morgan fingerprint density at radius 3 is 2.33 bits per heavy atom. The van der Waals surface area contributed by atoms with Gasteiger partial charge in [-0.25, -0.2) is 34.6 Å². The average molecular weight is 673 g/mol. The topological polar surface area (TPSA) is 335 Å². The molecule has 0 spiro atoms. The first-order valence-electron chi connectivity index (χ1n) is 13.0. The highest BCUT2D eigenvalue weighted by Gasteiger charge is 2.53. The highest BCUT2D eigenvalue weighted by Crippen LogP contribution is 2.52. The molecule has 3 aliphatic heterocycles. The van der Waals surface area contributed by atoms with Crippen molar-refractivity contribution in [3.8, 4) is 0 Å². The maximum Gasteiger partial charge on any atom is 0.472 e. The molecule has 10 unspecified atom stereocenters. The molecule has 242 valence electrons. The maximum absolute atomic E-state index is 13.4. The Kier molecular flexibility index (Phi) is 7.27. The summed E-state index contributed by atoms with van der Waals surface area (Å²) in [6, 6.07) is 0. The lowest BCUT2D eigenvalue weighted by molar-refractivity contribution is -0.0631. The molecule has 10 N–H and O–H groups in total. The van der Waals surface area contributed by atoms with Crippen molar-refractivity contribution in [2.45, 2.75) is 49.1 Å². The number of phosphoric acid groups is 1. The Hall–Kier alpha value is -3.44. The standard InChI is InChI=1S/C20H25N11O12P2/c21-14-8-15(25-3-24-14)30(4-26-8)18-11(33)12-7(41-18)2-38-44(23,35)42-13-10(32)6(1-39-45(36,37)43-12)40-19(13)31-5-27-9-16(31)28-20(22)29-17(9)34/h3-7,10-13,18-19,32-33H,1-2H2,(H2,23,35)(H,36,37)(H2,21,24,25)(H3,22,28,29,34). The quantitative estimate of drug-likeness (QED) is 0.109. The van der Waals surface area contributed by atoms with Crippen LogP contribution in [0.4, 0.5) is 11.8 Å². The monoisotopic (exact) mass is 673 g/mol. The van der Waals surface area contributed by atoms with Crippen LogP contribution in [0.3, 0.4) is 0 Å². The van der Waals surface area contributed by atoms with E-state index in [9.17, 15) is 29.0 Å². The van der Waals surface area contributed by atoms with Crippen LogP contribution in [0.2, 0.25) is 0 Å². The van der Waals surface area contributed by atoms with E-state index in [1.165, 1.54) is 15.5 Å². The molecule has 4 aromatic rings. The van der Waals surface area contributed by atoms with Crippen LogP contribution in [0, 0.1) is 0 Å². The van der Waals surface area contributed by atoms with E-state index in [0.29, 0.717) is 0 Å². The van der Waals surface area contributed by atoms with E-state index in [1.807, 2.05) is 0 Å². The minimum absolute atomic E-state index is 0.0509. The number of fused-ring (bicyclic) bond motifs is 5. The minimum Gasteiger partial charge on any atom is -0.387 e. The molecule has 0 amide bonds. The summed E-state index contributed by atoms with van der Waals surface area (Å²) in [6.07, 6.45) is -8.57. The molecule has 0 aromatic carbocycles. The number of aliphatic hydroxyl groups excluding tert-OH is 2. The normalized spacial score (nSPS) is 37.7. The van der Waals surface area contributed by atoms with Crippen molar-refractivity contribution >= 4 is 49.7 Å². The van der Waals surface area contributed by atoms with Gasteiger partial charge in [-0.1, -0.05) is 0 Å². The summed E-state index contributed by atoms with van der Waals surface area (Å²) in [6.45, 7) is -1.49. The summed E-state index contributed by atoms with van der Waals surface area (Å²) < 4.78 is 62.0. The smallest absolute Gasteiger partial charge is 0.387 e. The van der Waals surface area contributed by atoms with Crippen molar-refractivity contribution in [2.75, 3.05) is 24.7 Å². The predicted molar refractivity (Wildman–Crippen MR) is 145 cm³/mol. The average Bonchev–Trinajstić information content (AvgIpc) is 3.72. The van der Waals surface area contributed by atoms with Gasteiger partial charge in [-0.3, -0.25) is 37.0 Å². The first-order chi connectivity index (χ1) is 21.3. The van der Waals surface area contributed by atoms with Crippen LogP contribution in [-0.4, -0.2) is 104 Å². The predicted octanol–water partition coefficient (Wildman–Crippen LogP) is -2.38. The SMILES string of the molecule is Nc1nc2c(ncn2C2OC3COP(=O)(O)OC4C(COP(N)(=O)OC2C3O)OC(n2cnc3c(N)ncnc32)C4O)c(=O)[nH]1. The number of aliphatic hydroxyl groups is 2. The minimum atomic E-state index is -5.03. The van der Waals surface area contributed by atoms with Crippen molar-refractivity contribution < 1.29 is 51.8 Å². The molecule has 0 saturated carbocycles. The van der Waals surface area contributed by atoms with Gasteiger partial charge >= 0.3 is 15.6 Å². The number of rotatable bonds is 2. The molecular formula is C20H25N11O12P2. The van der Waals surface area contributed by atoms with Crippen LogP contribution < -0.4 is 22.5 Å². The second-order valence-electron chi connectivity index (χ2n) is 10.2. The maximum atomic E-state index is 13.4. The zero-order valence-corrected chi connectivity index (χ0v) is 24.3. The lowest BCUT2D eigenvalue weighted by atomic mass is 10.1. The Bertz CT molecular complexity index is 1940. The van der Waals surface area contributed by atoms with Gasteiger partial charge in [0.1, 0.15) is 48.5 Å². The molecule has 0 aliphatic carbocycles. The summed E-state index contributed by atoms with van der Waals surface area (Å²) in [5.41, 5.74) is 16.9. The van der Waals surface area contributed by atoms with Crippen molar-refractivity contribution in [1.29, 1.82) is 0 Å². The molecule has 23 nitrogen and oxygen atoms in total. The Balaban J connectivity index is 1.21. The molecule has 2 bridgehead atoms. The number of ether oxygens (including phenoxy) is 2. The first kappa shape index (κ1) is 30.2. The molecule has 3 fully saturated rings. The molecular weight excluding hydrogens is 648 g/mol. The Morgan fingerprint density at radius 2 is 1.56 bits per heavy atom. The number of hydrogen-bond donors (Lipinski definition) is 7. The lowest BCUT2D eigenvalue weighted by Gasteiger charge is -2.26. The van der Waals surface area contributed by atoms with Crippen molar-refractivity contribution in [2.24, 2.45) is 5.50 Å². The van der Waals surface area contributed by atoms with Crippen LogP contribution in [0.5, 0.6) is 0 Å². The number of nitrogens with one attached hydrogen (secondary N) is 1. The van der Waals surface area contributed by atoms with Crippen molar-refractivity contribution in [3.63, 3.8) is 0 Å². The molecule has 7 heterocycles. The third-order valence-corrected chi connectivity index (χ3v) is 9.38. The number of hydrogen-bond acceptors (Lipinski definition) is 18. The zero-order chi connectivity index (χ0) is 31.8. The van der Waals surface area contributed by atoms with Gasteiger partial charge < -0.3 is 36.0 Å². The Labute approximate surface area is 249 Å². The fourth-order valence-corrected chi connectivity index (χ4v) is 7.27. The number of H-pyrrole nitrogens is 1. The molecule has 10 atom stereocenters. The second kappa shape index (κ2) is 10.8. The summed E-state index contributed by atoms with van der Waals surface area (Å²) in [4.78, 5) is 45.3. The van der Waals surface area contributed by atoms with E-state index in [0.717, 1.165) is 12.7 Å². The van der Waals surface area contributed by atoms with Gasteiger partial charge in [-0.05, 0) is 0 Å².